The Morgan fingerprint density at radius 3 is 1.47 bits per heavy atom. The fourth-order valence-electron chi connectivity index (χ4n) is 3.53. The molecule has 9 heteroatoms. The molecule has 0 fully saturated rings. The lowest BCUT2D eigenvalue weighted by Crippen LogP contribution is -2.14. The lowest BCUT2D eigenvalue weighted by Gasteiger charge is -2.10. The summed E-state index contributed by atoms with van der Waals surface area (Å²) in [7, 11) is 0. The van der Waals surface area contributed by atoms with Crippen molar-refractivity contribution >= 4 is 34.8 Å². The molecule has 0 aliphatic rings. The van der Waals surface area contributed by atoms with Gasteiger partial charge in [-0.3, -0.25) is 4.79 Å². The van der Waals surface area contributed by atoms with Gasteiger partial charge in [0.25, 0.3) is 0 Å². The highest BCUT2D eigenvalue weighted by Gasteiger charge is 2.16. The van der Waals surface area contributed by atoms with Crippen LogP contribution in [0, 0.1) is 0 Å². The molecule has 0 amide bonds. The Hall–Kier alpha value is -5.47. The van der Waals surface area contributed by atoms with Gasteiger partial charge in [0.1, 0.15) is 22.6 Å². The van der Waals surface area contributed by atoms with Gasteiger partial charge in [-0.25, -0.2) is 14.4 Å². The number of phenolic OH excluding ortho intramolecular Hbond substituents is 1. The van der Waals surface area contributed by atoms with Crippen LogP contribution in [-0.2, 0) is 31.9 Å². The molecule has 244 valence electrons. The summed E-state index contributed by atoms with van der Waals surface area (Å²) in [5.41, 5.74) is 3.26. The molecule has 0 atom stereocenters. The lowest BCUT2D eigenvalue weighted by molar-refractivity contribution is -0.130. The monoisotopic (exact) mass is 656 g/mol. The summed E-state index contributed by atoms with van der Waals surface area (Å²) in [6.07, 6.45) is 1.29. The number of hydrogen-bond donors (Lipinski definition) is 1. The molecule has 0 bridgehead atoms. The summed E-state index contributed by atoms with van der Waals surface area (Å²) < 4.78 is 15.5. The Morgan fingerprint density at radius 1 is 0.617 bits per heavy atom. The maximum Gasteiger partial charge on any atom is 0.341 e. The van der Waals surface area contributed by atoms with E-state index in [0.717, 1.165) is 11.1 Å². The Morgan fingerprint density at radius 2 is 1.02 bits per heavy atom. The lowest BCUT2D eigenvalue weighted by atomic mass is 10.2. The Labute approximate surface area is 279 Å². The van der Waals surface area contributed by atoms with E-state index < -0.39 is 23.2 Å². The second kappa shape index (κ2) is 20.5. The molecule has 0 saturated heterocycles. The van der Waals surface area contributed by atoms with E-state index in [1.165, 1.54) is 6.07 Å². The number of carbonyl (C=O) groups is 4. The first kappa shape index (κ1) is 37.7. The van der Waals surface area contributed by atoms with Crippen LogP contribution in [0.15, 0.2) is 133 Å². The normalized spacial score (nSPS) is 9.68. The van der Waals surface area contributed by atoms with Crippen LogP contribution in [0.4, 0.5) is 0 Å². The van der Waals surface area contributed by atoms with Crippen molar-refractivity contribution < 1.29 is 38.5 Å². The van der Waals surface area contributed by atoms with Crippen molar-refractivity contribution in [2.24, 2.45) is 0 Å². The van der Waals surface area contributed by atoms with Crippen molar-refractivity contribution in [2.75, 3.05) is 13.2 Å². The Kier molecular flexibility index (Phi) is 16.5. The highest BCUT2D eigenvalue weighted by Crippen LogP contribution is 2.20. The van der Waals surface area contributed by atoms with Crippen LogP contribution in [0.25, 0.3) is 0 Å². The number of para-hydroxylation sites is 2. The number of benzene rings is 4. The number of ether oxygens (including phenoxy) is 3. The van der Waals surface area contributed by atoms with Crippen molar-refractivity contribution in [1.29, 1.82) is 0 Å². The van der Waals surface area contributed by atoms with Crippen LogP contribution in [0.2, 0.25) is 0 Å². The molecule has 0 radical (unpaired) electrons. The summed E-state index contributed by atoms with van der Waals surface area (Å²) in [4.78, 5) is 45.3. The van der Waals surface area contributed by atoms with E-state index in [4.69, 9.17) is 25.8 Å². The smallest absolute Gasteiger partial charge is 0.341 e. The Balaban J connectivity index is 0.000000284. The van der Waals surface area contributed by atoms with Gasteiger partial charge in [-0.1, -0.05) is 98.1 Å². The van der Waals surface area contributed by atoms with Gasteiger partial charge in [0.05, 0.1) is 13.2 Å². The predicted octanol–water partition coefficient (Wildman–Crippen LogP) is 7.69. The first-order chi connectivity index (χ1) is 22.5. The summed E-state index contributed by atoms with van der Waals surface area (Å²) in [6.45, 7) is 10.5. The van der Waals surface area contributed by atoms with Crippen LogP contribution in [-0.4, -0.2) is 41.5 Å². The van der Waals surface area contributed by atoms with Crippen molar-refractivity contribution in [3.8, 4) is 11.5 Å². The molecule has 4 aromatic carbocycles. The van der Waals surface area contributed by atoms with Gasteiger partial charge in [-0.15, -0.1) is 0 Å². The number of halogens is 1. The summed E-state index contributed by atoms with van der Waals surface area (Å²) in [5.74, 6) is -1.47. The molecule has 0 aliphatic heterocycles. The van der Waals surface area contributed by atoms with Crippen LogP contribution >= 0.6 is 11.6 Å². The first-order valence-electron chi connectivity index (χ1n) is 14.5. The van der Waals surface area contributed by atoms with Crippen molar-refractivity contribution in [3.05, 3.63) is 156 Å². The second-order valence-electron chi connectivity index (χ2n) is 9.98. The summed E-state index contributed by atoms with van der Waals surface area (Å²) >= 11 is 4.87. The van der Waals surface area contributed by atoms with Crippen LogP contribution in [0.3, 0.4) is 0 Å². The number of rotatable bonds is 11. The van der Waals surface area contributed by atoms with Gasteiger partial charge in [0.2, 0.25) is 5.24 Å². The molecular formula is C38H37ClO8. The maximum atomic E-state index is 12.2. The topological polar surface area (TPSA) is 116 Å². The molecule has 0 heterocycles. The van der Waals surface area contributed by atoms with Crippen molar-refractivity contribution in [2.45, 2.75) is 26.7 Å². The SMILES string of the molecule is C=C(C)C(=O)Cl.C=C(C)C(=O)Oc1ccccc1C(=O)OCCc1ccccc1.O=C(OCCc1ccccc1)c1ccccc1O. The molecule has 0 spiro atoms. The molecule has 0 unspecified atom stereocenters. The van der Waals surface area contributed by atoms with E-state index in [1.807, 2.05) is 60.7 Å². The van der Waals surface area contributed by atoms with Gasteiger partial charge >= 0.3 is 17.9 Å². The quantitative estimate of drug-likeness (QED) is 0.0756. The third-order valence-electron chi connectivity index (χ3n) is 6.05. The van der Waals surface area contributed by atoms with Crippen LogP contribution in [0.1, 0.15) is 45.7 Å². The van der Waals surface area contributed by atoms with Crippen LogP contribution < -0.4 is 4.74 Å². The van der Waals surface area contributed by atoms with Gasteiger partial charge in [0.15, 0.2) is 0 Å². The van der Waals surface area contributed by atoms with Gasteiger partial charge in [-0.2, -0.15) is 0 Å². The predicted molar refractivity (Wildman–Crippen MR) is 182 cm³/mol. The summed E-state index contributed by atoms with van der Waals surface area (Å²) in [5, 5.41) is 9.03. The number of allylic oxidation sites excluding steroid dienone is 1. The van der Waals surface area contributed by atoms with E-state index in [-0.39, 0.29) is 34.8 Å². The fourth-order valence-corrected chi connectivity index (χ4v) is 3.53. The van der Waals surface area contributed by atoms with Gasteiger partial charge < -0.3 is 19.3 Å². The minimum Gasteiger partial charge on any atom is -0.507 e. The zero-order valence-electron chi connectivity index (χ0n) is 26.3. The molecule has 4 aromatic rings. The third kappa shape index (κ3) is 14.4. The van der Waals surface area contributed by atoms with E-state index in [9.17, 15) is 24.3 Å². The maximum absolute atomic E-state index is 12.2. The third-order valence-corrected chi connectivity index (χ3v) is 6.37. The number of esters is 3. The van der Waals surface area contributed by atoms with Crippen molar-refractivity contribution in [1.82, 2.24) is 0 Å². The second-order valence-corrected chi connectivity index (χ2v) is 10.3. The number of hydrogen-bond acceptors (Lipinski definition) is 8. The molecule has 1 N–H and O–H groups in total. The zero-order chi connectivity index (χ0) is 34.6. The molecule has 0 aliphatic carbocycles. The highest BCUT2D eigenvalue weighted by molar-refractivity contribution is 6.67. The first-order valence-corrected chi connectivity index (χ1v) is 14.9. The molecule has 0 aromatic heterocycles. The molecule has 47 heavy (non-hydrogen) atoms. The van der Waals surface area contributed by atoms with E-state index in [0.29, 0.717) is 25.0 Å². The Bertz CT molecular complexity index is 1640. The van der Waals surface area contributed by atoms with E-state index >= 15 is 0 Å². The fraction of sp³-hybridized carbons (Fsp3) is 0.158. The van der Waals surface area contributed by atoms with Gasteiger partial charge in [0, 0.05) is 24.0 Å². The largest absolute Gasteiger partial charge is 0.507 e. The standard InChI is InChI=1S/C19H18O4.C15H14O3.C4H5ClO/c1-14(2)18(20)23-17-11-7-6-10-16(17)19(21)22-13-12-15-8-4-3-5-9-15;16-14-9-5-4-8-13(14)15(17)18-11-10-12-6-2-1-3-7-12;1-3(2)4(5)6/h3-11H,1,12-13H2,2H3;1-9,16H,10-11H2;1H2,2H3. The molecule has 0 saturated carbocycles. The number of phenols is 1. The van der Waals surface area contributed by atoms with Crippen LogP contribution in [0.5, 0.6) is 11.5 Å². The van der Waals surface area contributed by atoms with E-state index in [1.54, 1.807) is 56.3 Å². The minimum absolute atomic E-state index is 0.0535. The summed E-state index contributed by atoms with van der Waals surface area (Å²) in [6, 6.07) is 32.4. The number of carbonyl (C=O) groups excluding carboxylic acids is 4. The van der Waals surface area contributed by atoms with Gasteiger partial charge in [-0.05, 0) is 60.8 Å². The molecule has 4 rings (SSSR count). The highest BCUT2D eigenvalue weighted by atomic mass is 35.5. The molecular weight excluding hydrogens is 620 g/mol. The van der Waals surface area contributed by atoms with E-state index in [2.05, 4.69) is 13.2 Å². The molecule has 8 nitrogen and oxygen atoms in total. The minimum atomic E-state index is -0.575. The number of aromatic hydroxyl groups is 1. The van der Waals surface area contributed by atoms with Crippen molar-refractivity contribution in [3.63, 3.8) is 0 Å². The average Bonchev–Trinajstić information content (AvgIpc) is 3.06. The average molecular weight is 657 g/mol. The zero-order valence-corrected chi connectivity index (χ0v) is 27.1.